The van der Waals surface area contributed by atoms with Crippen LogP contribution >= 0.6 is 0 Å². The van der Waals surface area contributed by atoms with Gasteiger partial charge in [-0.25, -0.2) is 0 Å². The first-order chi connectivity index (χ1) is 8.79. The zero-order valence-corrected chi connectivity index (χ0v) is 12.7. The quantitative estimate of drug-likeness (QED) is 0.750. The molecule has 2 amide bonds. The molecule has 1 rings (SSSR count). The molecule has 0 heterocycles. The maximum absolute atomic E-state index is 12.2. The van der Waals surface area contributed by atoms with Gasteiger partial charge in [-0.2, -0.15) is 0 Å². The fraction of sp³-hybridized carbons (Fsp3) is 0.867. The van der Waals surface area contributed by atoms with E-state index >= 15 is 0 Å². The number of hydrogen-bond acceptors (Lipinski definition) is 2. The Morgan fingerprint density at radius 3 is 2.32 bits per heavy atom. The van der Waals surface area contributed by atoms with Gasteiger partial charge in [0.15, 0.2) is 0 Å². The van der Waals surface area contributed by atoms with E-state index in [0.29, 0.717) is 19.0 Å². The van der Waals surface area contributed by atoms with Gasteiger partial charge in [0.25, 0.3) is 0 Å². The Labute approximate surface area is 116 Å². The van der Waals surface area contributed by atoms with E-state index in [2.05, 4.69) is 31.4 Å². The standard InChI is InChI=1S/C15H28N2O2/c1-11(18)16-8-9-17-14(19)13-7-5-6-12(13)10-15(2,3)4/h12-13H,5-10H2,1-4H3,(H,16,18)(H,17,19). The molecule has 0 aromatic rings. The van der Waals surface area contributed by atoms with Crippen LogP contribution in [0.2, 0.25) is 0 Å². The third-order valence-electron chi connectivity index (χ3n) is 3.67. The van der Waals surface area contributed by atoms with Crippen molar-refractivity contribution in [3.05, 3.63) is 0 Å². The average molecular weight is 268 g/mol. The van der Waals surface area contributed by atoms with Crippen molar-refractivity contribution in [1.29, 1.82) is 0 Å². The molecule has 1 aliphatic carbocycles. The fourth-order valence-electron chi connectivity index (χ4n) is 2.97. The van der Waals surface area contributed by atoms with Crippen LogP contribution < -0.4 is 10.6 Å². The summed E-state index contributed by atoms with van der Waals surface area (Å²) in [6, 6.07) is 0. The Bertz CT molecular complexity index is 321. The lowest BCUT2D eigenvalue weighted by Gasteiger charge is -2.26. The average Bonchev–Trinajstić information content (AvgIpc) is 2.69. The molecular formula is C15H28N2O2. The first-order valence-corrected chi connectivity index (χ1v) is 7.32. The van der Waals surface area contributed by atoms with Crippen LogP contribution in [0, 0.1) is 17.3 Å². The minimum atomic E-state index is -0.0549. The Morgan fingerprint density at radius 1 is 1.11 bits per heavy atom. The molecule has 0 saturated heterocycles. The molecule has 4 heteroatoms. The molecule has 0 aromatic heterocycles. The van der Waals surface area contributed by atoms with Gasteiger partial charge in [0, 0.05) is 25.9 Å². The highest BCUT2D eigenvalue weighted by Gasteiger charge is 2.34. The molecule has 0 spiro atoms. The summed E-state index contributed by atoms with van der Waals surface area (Å²) in [5.41, 5.74) is 0.281. The van der Waals surface area contributed by atoms with E-state index in [9.17, 15) is 9.59 Å². The van der Waals surface area contributed by atoms with Crippen LogP contribution in [-0.4, -0.2) is 24.9 Å². The van der Waals surface area contributed by atoms with Gasteiger partial charge in [-0.1, -0.05) is 27.2 Å². The summed E-state index contributed by atoms with van der Waals surface area (Å²) < 4.78 is 0. The molecule has 1 saturated carbocycles. The molecule has 4 nitrogen and oxygen atoms in total. The number of rotatable bonds is 5. The van der Waals surface area contributed by atoms with Gasteiger partial charge in [0.2, 0.25) is 11.8 Å². The van der Waals surface area contributed by atoms with Gasteiger partial charge < -0.3 is 10.6 Å². The van der Waals surface area contributed by atoms with Gasteiger partial charge in [0.05, 0.1) is 0 Å². The minimum absolute atomic E-state index is 0.0549. The minimum Gasteiger partial charge on any atom is -0.355 e. The first-order valence-electron chi connectivity index (χ1n) is 7.32. The van der Waals surface area contributed by atoms with Crippen LogP contribution in [0.5, 0.6) is 0 Å². The molecule has 0 aromatic carbocycles. The Morgan fingerprint density at radius 2 is 1.74 bits per heavy atom. The Kier molecular flexibility index (Phi) is 5.83. The van der Waals surface area contributed by atoms with Crippen molar-refractivity contribution in [1.82, 2.24) is 10.6 Å². The molecule has 2 unspecified atom stereocenters. The van der Waals surface area contributed by atoms with Crippen molar-refractivity contribution in [3.63, 3.8) is 0 Å². The number of nitrogens with one attached hydrogen (secondary N) is 2. The van der Waals surface area contributed by atoms with E-state index in [-0.39, 0.29) is 23.1 Å². The monoisotopic (exact) mass is 268 g/mol. The van der Waals surface area contributed by atoms with E-state index in [1.165, 1.54) is 13.3 Å². The maximum atomic E-state index is 12.2. The molecule has 1 fully saturated rings. The van der Waals surface area contributed by atoms with Crippen LogP contribution in [0.3, 0.4) is 0 Å². The highest BCUT2D eigenvalue weighted by Crippen LogP contribution is 2.39. The van der Waals surface area contributed by atoms with Crippen molar-refractivity contribution in [2.45, 2.75) is 53.4 Å². The number of amides is 2. The van der Waals surface area contributed by atoms with Crippen molar-refractivity contribution in [2.24, 2.45) is 17.3 Å². The normalized spacial score (nSPS) is 23.2. The SMILES string of the molecule is CC(=O)NCCNC(=O)C1CCCC1CC(C)(C)C. The molecule has 2 atom stereocenters. The zero-order valence-electron chi connectivity index (χ0n) is 12.7. The molecule has 0 aliphatic heterocycles. The molecule has 2 N–H and O–H groups in total. The van der Waals surface area contributed by atoms with Crippen LogP contribution in [0.1, 0.15) is 53.4 Å². The second-order valence-corrected chi connectivity index (χ2v) is 6.84. The lowest BCUT2D eigenvalue weighted by Crippen LogP contribution is -2.38. The maximum Gasteiger partial charge on any atom is 0.223 e. The van der Waals surface area contributed by atoms with E-state index in [4.69, 9.17) is 0 Å². The third-order valence-corrected chi connectivity index (χ3v) is 3.67. The number of carbonyl (C=O) groups is 2. The summed E-state index contributed by atoms with van der Waals surface area (Å²) in [4.78, 5) is 22.9. The van der Waals surface area contributed by atoms with Crippen LogP contribution in [0.4, 0.5) is 0 Å². The lowest BCUT2D eigenvalue weighted by molar-refractivity contribution is -0.126. The molecule has 0 bridgehead atoms. The topological polar surface area (TPSA) is 58.2 Å². The number of hydrogen-bond donors (Lipinski definition) is 2. The summed E-state index contributed by atoms with van der Waals surface area (Å²) >= 11 is 0. The van der Waals surface area contributed by atoms with Crippen LogP contribution in [0.25, 0.3) is 0 Å². The van der Waals surface area contributed by atoms with E-state index in [1.54, 1.807) is 0 Å². The highest BCUT2D eigenvalue weighted by atomic mass is 16.2. The summed E-state index contributed by atoms with van der Waals surface area (Å²) in [5, 5.41) is 5.63. The summed E-state index contributed by atoms with van der Waals surface area (Å²) in [7, 11) is 0. The van der Waals surface area contributed by atoms with Gasteiger partial charge in [-0.15, -0.1) is 0 Å². The van der Waals surface area contributed by atoms with Crippen molar-refractivity contribution >= 4 is 11.8 Å². The van der Waals surface area contributed by atoms with Crippen LogP contribution in [-0.2, 0) is 9.59 Å². The zero-order chi connectivity index (χ0) is 14.5. The second kappa shape index (κ2) is 6.92. The molecule has 1 aliphatic rings. The highest BCUT2D eigenvalue weighted by molar-refractivity contribution is 5.79. The molecule has 110 valence electrons. The van der Waals surface area contributed by atoms with Crippen LogP contribution in [0.15, 0.2) is 0 Å². The van der Waals surface area contributed by atoms with Gasteiger partial charge in [-0.05, 0) is 30.6 Å². The smallest absolute Gasteiger partial charge is 0.223 e. The van der Waals surface area contributed by atoms with Gasteiger partial charge >= 0.3 is 0 Å². The summed E-state index contributed by atoms with van der Waals surface area (Å²) in [5.74, 6) is 0.787. The van der Waals surface area contributed by atoms with E-state index in [0.717, 1.165) is 19.3 Å². The van der Waals surface area contributed by atoms with E-state index < -0.39 is 0 Å². The van der Waals surface area contributed by atoms with E-state index in [1.807, 2.05) is 0 Å². The predicted molar refractivity (Wildman–Crippen MR) is 76.6 cm³/mol. The first kappa shape index (κ1) is 16.0. The fourth-order valence-corrected chi connectivity index (χ4v) is 2.97. The van der Waals surface area contributed by atoms with Crippen molar-refractivity contribution in [2.75, 3.05) is 13.1 Å². The Hall–Kier alpha value is -1.06. The summed E-state index contributed by atoms with van der Waals surface area (Å²) in [6.07, 6.45) is 4.44. The van der Waals surface area contributed by atoms with Gasteiger partial charge in [-0.3, -0.25) is 9.59 Å². The predicted octanol–water partition coefficient (Wildman–Crippen LogP) is 2.09. The van der Waals surface area contributed by atoms with Crippen molar-refractivity contribution < 1.29 is 9.59 Å². The lowest BCUT2D eigenvalue weighted by atomic mass is 9.80. The second-order valence-electron chi connectivity index (χ2n) is 6.84. The number of carbonyl (C=O) groups excluding carboxylic acids is 2. The largest absolute Gasteiger partial charge is 0.355 e. The van der Waals surface area contributed by atoms with Crippen molar-refractivity contribution in [3.8, 4) is 0 Å². The molecule has 0 radical (unpaired) electrons. The molecular weight excluding hydrogens is 240 g/mol. The van der Waals surface area contributed by atoms with Gasteiger partial charge in [0.1, 0.15) is 0 Å². The summed E-state index contributed by atoms with van der Waals surface area (Å²) in [6.45, 7) is 9.22. The third kappa shape index (κ3) is 6.08. The molecule has 19 heavy (non-hydrogen) atoms. The Balaban J connectivity index is 2.36.